The van der Waals surface area contributed by atoms with Crippen LogP contribution >= 0.6 is 0 Å². The van der Waals surface area contributed by atoms with Crippen molar-refractivity contribution in [3.63, 3.8) is 0 Å². The van der Waals surface area contributed by atoms with Crippen molar-refractivity contribution in [2.75, 3.05) is 6.54 Å². The predicted molar refractivity (Wildman–Crippen MR) is 54.6 cm³/mol. The number of hydrogen-bond donors (Lipinski definition) is 3. The Morgan fingerprint density at radius 2 is 2.00 bits per heavy atom. The van der Waals surface area contributed by atoms with Gasteiger partial charge in [-0.1, -0.05) is 0 Å². The second-order valence-corrected chi connectivity index (χ2v) is 4.11. The number of rotatable bonds is 4. The number of hydrogen-bond acceptors (Lipinski definition) is 2. The maximum Gasteiger partial charge on any atom is 0.407 e. The Bertz CT molecular complexity index is 214. The van der Waals surface area contributed by atoms with Gasteiger partial charge in [0.25, 0.3) is 0 Å². The maximum atomic E-state index is 11.1. The van der Waals surface area contributed by atoms with Crippen molar-refractivity contribution in [2.45, 2.75) is 39.2 Å². The number of alkyl carbamates (subject to hydrolysis) is 1. The van der Waals surface area contributed by atoms with E-state index in [1.54, 1.807) is 0 Å². The standard InChI is InChI=1S/C9H19N3O2.ClH/c1-9(2,3)14-8(13)12-6-4-5-7(10)11;/h4-6H2,1-3H3,(H3,10,11)(H,12,13);1H. The molecule has 0 rings (SSSR count). The quantitative estimate of drug-likeness (QED) is 0.268. The smallest absolute Gasteiger partial charge is 0.407 e. The molecule has 0 fully saturated rings. The topological polar surface area (TPSA) is 89.9 Å². The maximum absolute atomic E-state index is 11.1. The number of nitrogens with one attached hydrogen (secondary N) is 1. The minimum atomic E-state index is -0.455. The van der Waals surface area contributed by atoms with Crippen LogP contribution in [-0.4, -0.2) is 24.1 Å². The number of nitrogens with two attached hydrogens (primary N) is 2. The lowest BCUT2D eigenvalue weighted by Gasteiger charge is -2.19. The van der Waals surface area contributed by atoms with Gasteiger partial charge in [0.05, 0.1) is 0 Å². The molecule has 0 atom stereocenters. The zero-order valence-corrected chi connectivity index (χ0v) is 10.2. The first-order valence-corrected chi connectivity index (χ1v) is 4.65. The van der Waals surface area contributed by atoms with Crippen LogP contribution in [0.5, 0.6) is 0 Å². The zero-order valence-electron chi connectivity index (χ0n) is 9.47. The molecule has 0 unspecified atom stereocenters. The number of ether oxygens (including phenoxy) is 1. The summed E-state index contributed by atoms with van der Waals surface area (Å²) in [5.74, 6) is 0.385. The Hall–Kier alpha value is -0.970. The molecule has 0 aromatic heterocycles. The van der Waals surface area contributed by atoms with Gasteiger partial charge in [-0.15, -0.1) is 0 Å². The third kappa shape index (κ3) is 13.0. The van der Waals surface area contributed by atoms with E-state index in [0.29, 0.717) is 18.8 Å². The third-order valence-corrected chi connectivity index (χ3v) is 1.31. The van der Waals surface area contributed by atoms with Gasteiger partial charge in [-0.2, -0.15) is 0 Å². The molecule has 0 spiro atoms. The molecule has 5 N–H and O–H groups in total. The third-order valence-electron chi connectivity index (χ3n) is 1.31. The normalized spacial score (nSPS) is 10.1. The van der Waals surface area contributed by atoms with Crippen LogP contribution in [0.3, 0.4) is 0 Å². The van der Waals surface area contributed by atoms with Crippen LogP contribution in [0, 0.1) is 0 Å². The molecule has 0 aromatic carbocycles. The number of amides is 1. The molecule has 90 valence electrons. The molecule has 0 radical (unpaired) electrons. The number of carbonyl (C=O) groups excluding carboxylic acids is 1. The highest BCUT2D eigenvalue weighted by molar-refractivity contribution is 5.73. The van der Waals surface area contributed by atoms with E-state index in [4.69, 9.17) is 15.9 Å². The first kappa shape index (κ1) is 16.5. The van der Waals surface area contributed by atoms with Gasteiger partial charge in [-0.25, -0.2) is 4.79 Å². The summed E-state index contributed by atoms with van der Waals surface area (Å²) >= 11 is 0. The summed E-state index contributed by atoms with van der Waals surface area (Å²) < 4.78 is 5.03. The van der Waals surface area contributed by atoms with E-state index < -0.39 is 11.7 Å². The van der Waals surface area contributed by atoms with Gasteiger partial charge in [0.2, 0.25) is 5.84 Å². The SMILES string of the molecule is CC(C)(C)OC(=O)NCCCC(N)=[NH2+].[Cl-]. The Kier molecular flexibility index (Phi) is 8.05. The predicted octanol–water partition coefficient (Wildman–Crippen LogP) is -3.59. The van der Waals surface area contributed by atoms with Crippen LogP contribution in [0.25, 0.3) is 0 Å². The van der Waals surface area contributed by atoms with Gasteiger partial charge in [-0.05, 0) is 27.2 Å². The van der Waals surface area contributed by atoms with Crippen LogP contribution in [0.2, 0.25) is 0 Å². The van der Waals surface area contributed by atoms with E-state index in [1.807, 2.05) is 20.8 Å². The molecular formula is C9H20ClN3O2. The summed E-state index contributed by atoms with van der Waals surface area (Å²) in [4.78, 5) is 11.1. The van der Waals surface area contributed by atoms with E-state index in [0.717, 1.165) is 6.42 Å². The monoisotopic (exact) mass is 237 g/mol. The molecule has 1 amide bonds. The van der Waals surface area contributed by atoms with Crippen molar-refractivity contribution in [3.8, 4) is 0 Å². The second kappa shape index (κ2) is 7.34. The fourth-order valence-corrected chi connectivity index (χ4v) is 0.797. The highest BCUT2D eigenvalue weighted by Gasteiger charge is 2.15. The molecular weight excluding hydrogens is 218 g/mol. The molecule has 0 aliphatic carbocycles. The lowest BCUT2D eigenvalue weighted by atomic mass is 10.2. The fraction of sp³-hybridized carbons (Fsp3) is 0.778. The molecule has 15 heavy (non-hydrogen) atoms. The average Bonchev–Trinajstić information content (AvgIpc) is 1.94. The largest absolute Gasteiger partial charge is 1.00 e. The Morgan fingerprint density at radius 3 is 2.40 bits per heavy atom. The van der Waals surface area contributed by atoms with Gasteiger partial charge in [0.1, 0.15) is 5.60 Å². The van der Waals surface area contributed by atoms with Crippen molar-refractivity contribution in [2.24, 2.45) is 5.73 Å². The summed E-state index contributed by atoms with van der Waals surface area (Å²) in [5.41, 5.74) is 4.81. The van der Waals surface area contributed by atoms with Crippen molar-refractivity contribution in [1.29, 1.82) is 0 Å². The lowest BCUT2D eigenvalue weighted by Crippen LogP contribution is -3.00. The summed E-state index contributed by atoms with van der Waals surface area (Å²) in [7, 11) is 0. The molecule has 0 aromatic rings. The van der Waals surface area contributed by atoms with E-state index in [9.17, 15) is 4.79 Å². The molecule has 0 saturated heterocycles. The minimum absolute atomic E-state index is 0. The van der Waals surface area contributed by atoms with E-state index in [2.05, 4.69) is 5.32 Å². The van der Waals surface area contributed by atoms with Crippen molar-refractivity contribution >= 4 is 11.9 Å². The van der Waals surface area contributed by atoms with Gasteiger partial charge < -0.3 is 22.5 Å². The molecule has 0 aliphatic rings. The fourth-order valence-electron chi connectivity index (χ4n) is 0.797. The summed E-state index contributed by atoms with van der Waals surface area (Å²) in [6, 6.07) is 0. The van der Waals surface area contributed by atoms with Crippen LogP contribution in [0.4, 0.5) is 4.79 Å². The summed E-state index contributed by atoms with van der Waals surface area (Å²) in [6.45, 7) is 5.97. The Labute approximate surface area is 96.7 Å². The molecule has 5 nitrogen and oxygen atoms in total. The highest BCUT2D eigenvalue weighted by atomic mass is 35.5. The molecule has 6 heteroatoms. The molecule has 0 heterocycles. The van der Waals surface area contributed by atoms with Gasteiger partial charge in [0, 0.05) is 13.0 Å². The van der Waals surface area contributed by atoms with Gasteiger partial charge >= 0.3 is 6.09 Å². The number of amidine groups is 1. The minimum Gasteiger partial charge on any atom is -1.00 e. The second-order valence-electron chi connectivity index (χ2n) is 4.11. The Morgan fingerprint density at radius 1 is 1.47 bits per heavy atom. The van der Waals surface area contributed by atoms with Crippen LogP contribution in [-0.2, 0) is 4.74 Å². The first-order chi connectivity index (χ1) is 6.31. The zero-order chi connectivity index (χ0) is 11.2. The van der Waals surface area contributed by atoms with Crippen molar-refractivity contribution in [3.05, 3.63) is 0 Å². The van der Waals surface area contributed by atoms with Crippen molar-refractivity contribution < 1.29 is 27.3 Å². The highest BCUT2D eigenvalue weighted by Crippen LogP contribution is 2.06. The van der Waals surface area contributed by atoms with Gasteiger partial charge in [-0.3, -0.25) is 11.1 Å². The van der Waals surface area contributed by atoms with Crippen LogP contribution in [0.1, 0.15) is 33.6 Å². The summed E-state index contributed by atoms with van der Waals surface area (Å²) in [6.07, 6.45) is 0.922. The average molecular weight is 238 g/mol. The molecule has 0 bridgehead atoms. The van der Waals surface area contributed by atoms with Crippen LogP contribution < -0.4 is 28.9 Å². The van der Waals surface area contributed by atoms with Gasteiger partial charge in [0.15, 0.2) is 0 Å². The van der Waals surface area contributed by atoms with Crippen molar-refractivity contribution in [1.82, 2.24) is 5.32 Å². The molecule has 0 aliphatic heterocycles. The van der Waals surface area contributed by atoms with E-state index in [-0.39, 0.29) is 12.4 Å². The Balaban J connectivity index is 0. The van der Waals surface area contributed by atoms with Crippen LogP contribution in [0.15, 0.2) is 0 Å². The van der Waals surface area contributed by atoms with E-state index in [1.165, 1.54) is 0 Å². The molecule has 0 saturated carbocycles. The first-order valence-electron chi connectivity index (χ1n) is 4.65. The number of halogens is 1. The lowest BCUT2D eigenvalue weighted by molar-refractivity contribution is -0.118. The van der Waals surface area contributed by atoms with E-state index >= 15 is 0 Å². The summed E-state index contributed by atoms with van der Waals surface area (Å²) in [5, 5.41) is 7.87. The number of carbonyl (C=O) groups is 1.